The Balaban J connectivity index is 2.03. The van der Waals surface area contributed by atoms with Gasteiger partial charge in [-0.1, -0.05) is 17.7 Å². The zero-order valence-corrected chi connectivity index (χ0v) is 14.8. The van der Waals surface area contributed by atoms with Crippen LogP contribution in [0.5, 0.6) is 5.75 Å². The number of benzene rings is 2. The van der Waals surface area contributed by atoms with E-state index in [4.69, 9.17) is 4.74 Å². The molecule has 0 bridgehead atoms. The van der Waals surface area contributed by atoms with Crippen molar-refractivity contribution in [3.63, 3.8) is 0 Å². The third-order valence-corrected chi connectivity index (χ3v) is 6.13. The number of methoxy groups -OCH3 is 1. The summed E-state index contributed by atoms with van der Waals surface area (Å²) in [6.07, 6.45) is 0.00383. The van der Waals surface area contributed by atoms with Crippen LogP contribution in [0.1, 0.15) is 27.9 Å². The van der Waals surface area contributed by atoms with Gasteiger partial charge in [-0.15, -0.1) is 0 Å². The van der Waals surface area contributed by atoms with Gasteiger partial charge < -0.3 is 4.74 Å². The number of rotatable bonds is 3. The van der Waals surface area contributed by atoms with Gasteiger partial charge in [-0.05, 0) is 36.8 Å². The minimum atomic E-state index is -3.75. The first kappa shape index (κ1) is 17.6. The average molecular weight is 363 g/mol. The lowest BCUT2D eigenvalue weighted by Gasteiger charge is -2.20. The van der Waals surface area contributed by atoms with Gasteiger partial charge in [0.05, 0.1) is 12.0 Å². The lowest BCUT2D eigenvalue weighted by molar-refractivity contribution is 0.0980. The Morgan fingerprint density at radius 3 is 2.48 bits per heavy atom. The number of fused-ring (bicyclic) bond motifs is 1. The van der Waals surface area contributed by atoms with Crippen LogP contribution >= 0.6 is 0 Å². The van der Waals surface area contributed by atoms with Crippen LogP contribution in [0.2, 0.25) is 0 Å². The molecule has 2 aromatic rings. The SMILES string of the molecule is COc1cc2c(cc1F)C(=O)CCN(S(=O)(=O)c1ccc(C)cc1)C2. The number of aryl methyl sites for hydroxylation is 1. The standard InChI is InChI=1S/C18H18FNO4S/c1-12-3-5-14(6-4-12)25(22,23)20-8-7-17(21)15-10-16(19)18(24-2)9-13(15)11-20/h3-6,9-10H,7-8,11H2,1-2H3. The van der Waals surface area contributed by atoms with Crippen LogP contribution in [0.15, 0.2) is 41.3 Å². The van der Waals surface area contributed by atoms with Crippen LogP contribution < -0.4 is 4.74 Å². The van der Waals surface area contributed by atoms with Gasteiger partial charge >= 0.3 is 0 Å². The second kappa shape index (κ2) is 6.57. The van der Waals surface area contributed by atoms with Gasteiger partial charge in [-0.3, -0.25) is 4.79 Å². The Labute approximate surface area is 146 Å². The number of halogens is 1. The quantitative estimate of drug-likeness (QED) is 0.841. The highest BCUT2D eigenvalue weighted by molar-refractivity contribution is 7.89. The number of hydrogen-bond donors (Lipinski definition) is 0. The maximum atomic E-state index is 13.9. The molecule has 0 aromatic heterocycles. The lowest BCUT2D eigenvalue weighted by Crippen LogP contribution is -2.31. The first-order valence-corrected chi connectivity index (χ1v) is 9.23. The molecule has 132 valence electrons. The summed E-state index contributed by atoms with van der Waals surface area (Å²) in [4.78, 5) is 12.5. The van der Waals surface area contributed by atoms with Crippen LogP contribution in [0.3, 0.4) is 0 Å². The summed E-state index contributed by atoms with van der Waals surface area (Å²) in [7, 11) is -2.43. The Morgan fingerprint density at radius 1 is 1.16 bits per heavy atom. The Hall–Kier alpha value is -2.25. The van der Waals surface area contributed by atoms with Crippen molar-refractivity contribution in [3.05, 3.63) is 58.9 Å². The van der Waals surface area contributed by atoms with E-state index in [0.29, 0.717) is 5.56 Å². The maximum absolute atomic E-state index is 13.9. The first-order chi connectivity index (χ1) is 11.8. The van der Waals surface area contributed by atoms with Crippen molar-refractivity contribution in [1.29, 1.82) is 0 Å². The minimum absolute atomic E-state index is 0.00383. The largest absolute Gasteiger partial charge is 0.494 e. The molecule has 25 heavy (non-hydrogen) atoms. The summed E-state index contributed by atoms with van der Waals surface area (Å²) >= 11 is 0. The number of Topliss-reactive ketones (excluding diaryl/α,β-unsaturated/α-hetero) is 1. The highest BCUT2D eigenvalue weighted by Crippen LogP contribution is 2.29. The Bertz CT molecular complexity index is 923. The zero-order chi connectivity index (χ0) is 18.2. The fourth-order valence-corrected chi connectivity index (χ4v) is 4.26. The third kappa shape index (κ3) is 3.29. The fourth-order valence-electron chi connectivity index (χ4n) is 2.84. The maximum Gasteiger partial charge on any atom is 0.243 e. The molecule has 5 nitrogen and oxygen atoms in total. The molecule has 0 atom stereocenters. The number of ketones is 1. The molecule has 2 aromatic carbocycles. The normalized spacial score (nSPS) is 15.6. The second-order valence-corrected chi connectivity index (χ2v) is 7.91. The fraction of sp³-hybridized carbons (Fsp3) is 0.278. The number of sulfonamides is 1. The van der Waals surface area contributed by atoms with Crippen LogP contribution in [0.25, 0.3) is 0 Å². The average Bonchev–Trinajstić information content (AvgIpc) is 2.74. The van der Waals surface area contributed by atoms with Gasteiger partial charge in [0.2, 0.25) is 10.0 Å². The number of carbonyl (C=O) groups is 1. The topological polar surface area (TPSA) is 63.7 Å². The summed E-state index contributed by atoms with van der Waals surface area (Å²) in [5.41, 5.74) is 1.60. The number of carbonyl (C=O) groups excluding carboxylic acids is 1. The van der Waals surface area contributed by atoms with Crippen LogP contribution in [0, 0.1) is 12.7 Å². The molecule has 1 aliphatic heterocycles. The molecule has 0 N–H and O–H groups in total. The molecule has 0 fully saturated rings. The molecule has 3 rings (SSSR count). The minimum Gasteiger partial charge on any atom is -0.494 e. The molecule has 0 spiro atoms. The molecule has 0 saturated heterocycles. The van der Waals surface area contributed by atoms with E-state index in [2.05, 4.69) is 0 Å². The zero-order valence-electron chi connectivity index (χ0n) is 14.0. The molecule has 0 aliphatic carbocycles. The van der Waals surface area contributed by atoms with E-state index in [-0.39, 0.29) is 41.5 Å². The summed E-state index contributed by atoms with van der Waals surface area (Å²) < 4.78 is 45.9. The Kier molecular flexibility index (Phi) is 4.62. The summed E-state index contributed by atoms with van der Waals surface area (Å²) in [6.45, 7) is 1.92. The van der Waals surface area contributed by atoms with Crippen LogP contribution in [0.4, 0.5) is 4.39 Å². The molecule has 0 radical (unpaired) electrons. The highest BCUT2D eigenvalue weighted by Gasteiger charge is 2.30. The van der Waals surface area contributed by atoms with Crippen molar-refractivity contribution in [3.8, 4) is 5.75 Å². The van der Waals surface area contributed by atoms with E-state index in [9.17, 15) is 17.6 Å². The summed E-state index contributed by atoms with van der Waals surface area (Å²) in [6, 6.07) is 9.06. The van der Waals surface area contributed by atoms with Gasteiger partial charge in [0.1, 0.15) is 0 Å². The van der Waals surface area contributed by atoms with E-state index >= 15 is 0 Å². The molecule has 0 saturated carbocycles. The molecule has 7 heteroatoms. The molecule has 0 unspecified atom stereocenters. The van der Waals surface area contributed by atoms with Crippen molar-refractivity contribution in [2.75, 3.05) is 13.7 Å². The van der Waals surface area contributed by atoms with Gasteiger partial charge in [0.15, 0.2) is 17.3 Å². The number of hydrogen-bond acceptors (Lipinski definition) is 4. The van der Waals surface area contributed by atoms with Gasteiger partial charge in [0, 0.05) is 25.1 Å². The van der Waals surface area contributed by atoms with E-state index < -0.39 is 15.8 Å². The van der Waals surface area contributed by atoms with Crippen LogP contribution in [-0.2, 0) is 16.6 Å². The Morgan fingerprint density at radius 2 is 1.84 bits per heavy atom. The molecule has 1 heterocycles. The van der Waals surface area contributed by atoms with Crippen molar-refractivity contribution >= 4 is 15.8 Å². The smallest absolute Gasteiger partial charge is 0.243 e. The van der Waals surface area contributed by atoms with Gasteiger partial charge in [-0.2, -0.15) is 4.31 Å². The molecule has 1 aliphatic rings. The lowest BCUT2D eigenvalue weighted by atomic mass is 10.0. The highest BCUT2D eigenvalue weighted by atomic mass is 32.2. The van der Waals surface area contributed by atoms with E-state index in [1.807, 2.05) is 6.92 Å². The third-order valence-electron chi connectivity index (χ3n) is 4.27. The predicted molar refractivity (Wildman–Crippen MR) is 90.7 cm³/mol. The predicted octanol–water partition coefficient (Wildman–Crippen LogP) is 2.92. The molecular weight excluding hydrogens is 345 g/mol. The van der Waals surface area contributed by atoms with Crippen molar-refractivity contribution < 1.29 is 22.3 Å². The summed E-state index contributed by atoms with van der Waals surface area (Å²) in [5.74, 6) is -0.927. The van der Waals surface area contributed by atoms with E-state index in [1.165, 1.54) is 17.5 Å². The van der Waals surface area contributed by atoms with Gasteiger partial charge in [0.25, 0.3) is 0 Å². The monoisotopic (exact) mass is 363 g/mol. The first-order valence-electron chi connectivity index (χ1n) is 7.79. The van der Waals surface area contributed by atoms with Crippen molar-refractivity contribution in [2.24, 2.45) is 0 Å². The number of ether oxygens (including phenoxy) is 1. The van der Waals surface area contributed by atoms with Crippen LogP contribution in [-0.4, -0.2) is 32.2 Å². The number of nitrogens with zero attached hydrogens (tertiary/aromatic N) is 1. The molecular formula is C18H18FNO4S. The summed E-state index contributed by atoms with van der Waals surface area (Å²) in [5, 5.41) is 0. The van der Waals surface area contributed by atoms with Crippen molar-refractivity contribution in [2.45, 2.75) is 24.8 Å². The second-order valence-electron chi connectivity index (χ2n) is 5.97. The van der Waals surface area contributed by atoms with E-state index in [1.54, 1.807) is 24.3 Å². The van der Waals surface area contributed by atoms with E-state index in [0.717, 1.165) is 11.6 Å². The molecule has 0 amide bonds. The van der Waals surface area contributed by atoms with Crippen molar-refractivity contribution in [1.82, 2.24) is 4.31 Å². The van der Waals surface area contributed by atoms with Gasteiger partial charge in [-0.25, -0.2) is 12.8 Å².